The van der Waals surface area contributed by atoms with E-state index in [1.807, 2.05) is 0 Å². The van der Waals surface area contributed by atoms with Gasteiger partial charge in [0.15, 0.2) is 0 Å². The van der Waals surface area contributed by atoms with E-state index < -0.39 is 0 Å². The Morgan fingerprint density at radius 1 is 1.30 bits per heavy atom. The van der Waals surface area contributed by atoms with Crippen LogP contribution in [0.3, 0.4) is 0 Å². The van der Waals surface area contributed by atoms with Gasteiger partial charge in [-0.2, -0.15) is 0 Å². The second-order valence-corrected chi connectivity index (χ2v) is 4.68. The van der Waals surface area contributed by atoms with E-state index in [1.54, 1.807) is 10.0 Å². The Morgan fingerprint density at radius 3 is 2.90 bits per heavy atom. The number of aromatic nitrogens is 1. The molecule has 1 heterocycles. The van der Waals surface area contributed by atoms with Gasteiger partial charge in [-0.15, -0.1) is 0 Å². The number of aryl methyl sites for hydroxylation is 2. The molecule has 0 atom stereocenters. The Balaban J connectivity index is 2.45. The maximum absolute atomic E-state index is 4.49. The van der Waals surface area contributed by atoms with E-state index in [-0.39, 0.29) is 0 Å². The van der Waals surface area contributed by atoms with Crippen molar-refractivity contribution in [3.63, 3.8) is 0 Å². The van der Waals surface area contributed by atoms with Gasteiger partial charge < -0.3 is 0 Å². The van der Waals surface area contributed by atoms with Gasteiger partial charge in [-0.3, -0.25) is 0 Å². The number of hydrogen-bond donors (Lipinski definition) is 0. The molecule has 0 saturated heterocycles. The summed E-state index contributed by atoms with van der Waals surface area (Å²) < 4.78 is 6.18. The van der Waals surface area contributed by atoms with Crippen LogP contribution in [0, 0.1) is 6.92 Å². The van der Waals surface area contributed by atoms with Crippen molar-refractivity contribution in [1.29, 1.82) is 0 Å². The molecule has 1 aromatic rings. The average Bonchev–Trinajstić information content (AvgIpc) is 2.34. The van der Waals surface area contributed by atoms with Gasteiger partial charge in [0.05, 0.1) is 0 Å². The molecule has 10 heavy (non-hydrogen) atoms. The van der Waals surface area contributed by atoms with E-state index in [0.717, 1.165) is 0 Å². The number of rotatable bonds is 0. The summed E-state index contributed by atoms with van der Waals surface area (Å²) in [6.45, 7) is 2.16. The van der Waals surface area contributed by atoms with Crippen LogP contribution in [0.5, 0.6) is 0 Å². The van der Waals surface area contributed by atoms with Crippen molar-refractivity contribution in [3.8, 4) is 0 Å². The molecule has 0 aliphatic heterocycles. The van der Waals surface area contributed by atoms with Crippen LogP contribution >= 0.6 is 0 Å². The Hall–Kier alpha value is -0.0705. The third-order valence-electron chi connectivity index (χ3n) is 2.15. The van der Waals surface area contributed by atoms with Crippen LogP contribution in [-0.4, -0.2) is 18.7 Å². The summed E-state index contributed by atoms with van der Waals surface area (Å²) in [7, 11) is 0. The van der Waals surface area contributed by atoms with E-state index in [2.05, 4.69) is 10.9 Å². The zero-order valence-electron chi connectivity index (χ0n) is 6.18. The molecular formula is C8H11NSe. The van der Waals surface area contributed by atoms with E-state index in [0.29, 0.717) is 14.7 Å². The summed E-state index contributed by atoms with van der Waals surface area (Å²) in [6, 6.07) is 0. The molecule has 0 saturated carbocycles. The summed E-state index contributed by atoms with van der Waals surface area (Å²) in [5, 5.41) is 0. The molecular weight excluding hydrogens is 189 g/mol. The van der Waals surface area contributed by atoms with Gasteiger partial charge >= 0.3 is 67.0 Å². The van der Waals surface area contributed by atoms with Crippen molar-refractivity contribution in [2.75, 3.05) is 0 Å². The second kappa shape index (κ2) is 2.52. The van der Waals surface area contributed by atoms with Crippen LogP contribution in [0.1, 0.15) is 28.5 Å². The van der Waals surface area contributed by atoms with Crippen LogP contribution in [-0.2, 0) is 12.8 Å². The van der Waals surface area contributed by atoms with Crippen LogP contribution in [0.15, 0.2) is 0 Å². The molecule has 1 aliphatic rings. The minimum atomic E-state index is 0.500. The molecule has 2 rings (SSSR count). The monoisotopic (exact) mass is 201 g/mol. The molecule has 0 amide bonds. The van der Waals surface area contributed by atoms with E-state index in [9.17, 15) is 0 Å². The Kier molecular flexibility index (Phi) is 1.67. The van der Waals surface area contributed by atoms with Crippen molar-refractivity contribution < 1.29 is 0 Å². The number of fused-ring (bicyclic) bond motifs is 1. The predicted molar refractivity (Wildman–Crippen MR) is 42.6 cm³/mol. The molecule has 1 aromatic heterocycles. The maximum atomic E-state index is 4.49. The fraction of sp³-hybridized carbons (Fsp3) is 0.625. The molecule has 2 heteroatoms. The van der Waals surface area contributed by atoms with Crippen molar-refractivity contribution in [3.05, 3.63) is 15.7 Å². The second-order valence-electron chi connectivity index (χ2n) is 2.88. The van der Waals surface area contributed by atoms with Crippen LogP contribution in [0.4, 0.5) is 0 Å². The molecule has 1 nitrogen and oxygen atoms in total. The predicted octanol–water partition coefficient (Wildman–Crippen LogP) is 1.33. The van der Waals surface area contributed by atoms with Gasteiger partial charge in [-0.05, 0) is 0 Å². The quantitative estimate of drug-likeness (QED) is 0.575. The SMILES string of the molecule is Cc1n[se]c2c1CCCC2. The molecule has 0 radical (unpaired) electrons. The van der Waals surface area contributed by atoms with Crippen LogP contribution < -0.4 is 0 Å². The average molecular weight is 200 g/mol. The zero-order chi connectivity index (χ0) is 6.97. The summed E-state index contributed by atoms with van der Waals surface area (Å²) in [5.41, 5.74) is 2.96. The zero-order valence-corrected chi connectivity index (χ0v) is 7.90. The first-order chi connectivity index (χ1) is 4.88. The number of nitrogens with zero attached hydrogens (tertiary/aromatic N) is 1. The van der Waals surface area contributed by atoms with Crippen molar-refractivity contribution in [2.24, 2.45) is 0 Å². The minimum absolute atomic E-state index is 0.500. The third kappa shape index (κ3) is 0.959. The Morgan fingerprint density at radius 2 is 2.10 bits per heavy atom. The Bertz CT molecular complexity index is 239. The first kappa shape index (κ1) is 6.63. The molecule has 0 spiro atoms. The Labute approximate surface area is 67.4 Å². The molecule has 0 bridgehead atoms. The van der Waals surface area contributed by atoms with Gasteiger partial charge in [0.1, 0.15) is 0 Å². The first-order valence-electron chi connectivity index (χ1n) is 3.82. The fourth-order valence-electron chi connectivity index (χ4n) is 1.54. The summed E-state index contributed by atoms with van der Waals surface area (Å²) in [6.07, 6.45) is 5.45. The first-order valence-corrected chi connectivity index (χ1v) is 5.44. The third-order valence-corrected chi connectivity index (χ3v) is 4.32. The van der Waals surface area contributed by atoms with E-state index in [1.165, 1.54) is 31.4 Å². The van der Waals surface area contributed by atoms with Gasteiger partial charge in [0, 0.05) is 0 Å². The molecule has 0 aromatic carbocycles. The van der Waals surface area contributed by atoms with Gasteiger partial charge in [0.2, 0.25) is 0 Å². The number of hydrogen-bond acceptors (Lipinski definition) is 1. The molecule has 54 valence electrons. The summed E-state index contributed by atoms with van der Waals surface area (Å²) >= 11 is 0.500. The standard InChI is InChI=1S/C8H11NSe/c1-6-7-4-2-3-5-8(7)10-9-6/h2-5H2,1H3. The fourth-order valence-corrected chi connectivity index (χ4v) is 3.54. The normalized spacial score (nSPS) is 16.9. The molecule has 0 N–H and O–H groups in total. The molecule has 0 fully saturated rings. The van der Waals surface area contributed by atoms with Gasteiger partial charge in [0.25, 0.3) is 0 Å². The van der Waals surface area contributed by atoms with E-state index >= 15 is 0 Å². The van der Waals surface area contributed by atoms with Crippen LogP contribution in [0.25, 0.3) is 0 Å². The van der Waals surface area contributed by atoms with Crippen LogP contribution in [0.2, 0.25) is 0 Å². The van der Waals surface area contributed by atoms with Gasteiger partial charge in [-0.1, -0.05) is 0 Å². The topological polar surface area (TPSA) is 12.9 Å². The summed E-state index contributed by atoms with van der Waals surface area (Å²) in [4.78, 5) is 0. The van der Waals surface area contributed by atoms with Crippen molar-refractivity contribution >= 4 is 14.7 Å². The van der Waals surface area contributed by atoms with Crippen molar-refractivity contribution in [2.45, 2.75) is 32.6 Å². The molecule has 1 aliphatic carbocycles. The summed E-state index contributed by atoms with van der Waals surface area (Å²) in [5.74, 6) is 0. The molecule has 0 unspecified atom stereocenters. The van der Waals surface area contributed by atoms with E-state index in [4.69, 9.17) is 0 Å². The van der Waals surface area contributed by atoms with Crippen molar-refractivity contribution in [1.82, 2.24) is 3.98 Å². The van der Waals surface area contributed by atoms with Gasteiger partial charge in [-0.25, -0.2) is 0 Å².